The van der Waals surface area contributed by atoms with Gasteiger partial charge in [-0.25, -0.2) is 20.0 Å². The molecular formula is C22H29N6O4PS. The molecule has 3 N–H and O–H groups in total. The molecule has 0 bridgehead atoms. The van der Waals surface area contributed by atoms with Gasteiger partial charge in [0.2, 0.25) is 5.12 Å². The Kier molecular flexibility index (Phi) is 7.28. The maximum absolute atomic E-state index is 13.9. The quantitative estimate of drug-likeness (QED) is 0.371. The van der Waals surface area contributed by atoms with Crippen LogP contribution in [0.3, 0.4) is 0 Å². The fraction of sp³-hybridized carbons (Fsp3) is 0.455. The number of nitrogens with two attached hydrogens (primary N) is 1. The number of nitrogen functional groups attached to an aromatic ring is 1. The second-order valence-electron chi connectivity index (χ2n) is 8.66. The lowest BCUT2D eigenvalue weighted by Gasteiger charge is -2.26. The van der Waals surface area contributed by atoms with Crippen LogP contribution >= 0.6 is 19.3 Å². The Balaban J connectivity index is 1.47. The van der Waals surface area contributed by atoms with E-state index in [0.717, 1.165) is 0 Å². The van der Waals surface area contributed by atoms with E-state index < -0.39 is 13.1 Å². The highest BCUT2D eigenvalue weighted by atomic mass is 32.2. The first-order chi connectivity index (χ1) is 16.2. The van der Waals surface area contributed by atoms with Gasteiger partial charge in [0.1, 0.15) is 23.9 Å². The number of benzene rings is 1. The van der Waals surface area contributed by atoms with Crippen molar-refractivity contribution in [3.8, 4) is 5.75 Å². The molecule has 1 aliphatic rings. The number of anilines is 1. The van der Waals surface area contributed by atoms with Crippen molar-refractivity contribution in [2.24, 2.45) is 0 Å². The number of hydrogen-bond acceptors (Lipinski definition) is 9. The zero-order valence-corrected chi connectivity index (χ0v) is 21.1. The van der Waals surface area contributed by atoms with Gasteiger partial charge in [-0.3, -0.25) is 9.36 Å². The average Bonchev–Trinajstić information content (AvgIpc) is 3.45. The van der Waals surface area contributed by atoms with Crippen molar-refractivity contribution in [3.05, 3.63) is 43.0 Å². The molecule has 10 nitrogen and oxygen atoms in total. The minimum Gasteiger partial charge on any atom is -0.431 e. The molecule has 1 fully saturated rings. The Bertz CT molecular complexity index is 1200. The number of para-hydroxylation sites is 1. The van der Waals surface area contributed by atoms with Gasteiger partial charge in [-0.2, -0.15) is 0 Å². The Hall–Kier alpha value is -2.46. The highest BCUT2D eigenvalue weighted by molar-refractivity contribution is 8.14. The summed E-state index contributed by atoms with van der Waals surface area (Å²) < 4.78 is 27.6. The largest absolute Gasteiger partial charge is 0.431 e. The van der Waals surface area contributed by atoms with Gasteiger partial charge in [-0.05, 0) is 31.9 Å². The number of nitrogens with zero attached hydrogens (tertiary/aromatic N) is 4. The summed E-state index contributed by atoms with van der Waals surface area (Å²) in [5, 5.41) is 3.19. The number of hydrogen-bond donors (Lipinski definition) is 2. The summed E-state index contributed by atoms with van der Waals surface area (Å²) in [6, 6.07) is 8.90. The van der Waals surface area contributed by atoms with Crippen LogP contribution in [0.4, 0.5) is 5.82 Å². The molecular weight excluding hydrogens is 475 g/mol. The topological polar surface area (TPSA) is 134 Å². The number of carbonyl (C=O) groups is 1. The van der Waals surface area contributed by atoms with Gasteiger partial charge in [-0.15, -0.1) is 0 Å². The molecule has 0 spiro atoms. The van der Waals surface area contributed by atoms with Crippen molar-refractivity contribution in [2.75, 3.05) is 12.1 Å². The van der Waals surface area contributed by atoms with E-state index in [1.165, 1.54) is 18.1 Å². The van der Waals surface area contributed by atoms with Crippen molar-refractivity contribution >= 4 is 41.4 Å². The molecule has 2 aromatic heterocycles. The zero-order valence-electron chi connectivity index (χ0n) is 19.4. The van der Waals surface area contributed by atoms with Gasteiger partial charge in [0.15, 0.2) is 11.5 Å². The van der Waals surface area contributed by atoms with Crippen LogP contribution < -0.4 is 15.3 Å². The maximum Gasteiger partial charge on any atom is 0.342 e. The van der Waals surface area contributed by atoms with Crippen molar-refractivity contribution in [3.63, 3.8) is 0 Å². The Morgan fingerprint density at radius 3 is 2.65 bits per heavy atom. The first kappa shape index (κ1) is 24.7. The van der Waals surface area contributed by atoms with Crippen LogP contribution in [0.2, 0.25) is 0 Å². The zero-order chi connectivity index (χ0) is 24.3. The van der Waals surface area contributed by atoms with Crippen molar-refractivity contribution < 1.29 is 18.6 Å². The SMILES string of the molecule is CC(C)SC(=O)C1(NP(=O)(CO[C@H](C)Cn2cnc3c(N)ncnc32)Oc2ccccc2)CC1. The molecule has 0 amide bonds. The molecule has 1 unspecified atom stereocenters. The lowest BCUT2D eigenvalue weighted by molar-refractivity contribution is -0.113. The van der Waals surface area contributed by atoms with E-state index in [0.29, 0.717) is 42.1 Å². The smallest absolute Gasteiger partial charge is 0.342 e. The van der Waals surface area contributed by atoms with Gasteiger partial charge in [0.25, 0.3) is 0 Å². The van der Waals surface area contributed by atoms with Gasteiger partial charge >= 0.3 is 7.52 Å². The highest BCUT2D eigenvalue weighted by Gasteiger charge is 2.54. The molecule has 1 aromatic carbocycles. The summed E-state index contributed by atoms with van der Waals surface area (Å²) in [4.78, 5) is 25.3. The van der Waals surface area contributed by atoms with Crippen LogP contribution in [0.15, 0.2) is 43.0 Å². The normalized spacial score (nSPS) is 17.4. The number of carbonyl (C=O) groups excluding carboxylic acids is 1. The molecule has 182 valence electrons. The van der Waals surface area contributed by atoms with Gasteiger partial charge < -0.3 is 19.6 Å². The van der Waals surface area contributed by atoms with E-state index in [1.807, 2.05) is 26.8 Å². The summed E-state index contributed by atoms with van der Waals surface area (Å²) in [6.07, 6.45) is 3.69. The Morgan fingerprint density at radius 2 is 1.97 bits per heavy atom. The molecule has 3 aromatic rings. The van der Waals surface area contributed by atoms with Crippen LogP contribution in [0.25, 0.3) is 11.2 Å². The van der Waals surface area contributed by atoms with Gasteiger partial charge in [-0.1, -0.05) is 43.8 Å². The lowest BCUT2D eigenvalue weighted by Crippen LogP contribution is -2.38. The Morgan fingerprint density at radius 1 is 1.24 bits per heavy atom. The van der Waals surface area contributed by atoms with Crippen LogP contribution in [0, 0.1) is 0 Å². The van der Waals surface area contributed by atoms with E-state index in [4.69, 9.17) is 15.0 Å². The summed E-state index contributed by atoms with van der Waals surface area (Å²) in [6.45, 7) is 6.19. The summed E-state index contributed by atoms with van der Waals surface area (Å²) in [5.74, 6) is 0.753. The number of nitrogens with one attached hydrogen (secondary N) is 1. The average molecular weight is 505 g/mol. The summed E-state index contributed by atoms with van der Waals surface area (Å²) >= 11 is 1.25. The number of aromatic nitrogens is 4. The van der Waals surface area contributed by atoms with E-state index in [-0.39, 0.29) is 22.8 Å². The monoisotopic (exact) mass is 504 g/mol. The molecule has 2 atom stereocenters. The molecule has 4 rings (SSSR count). The van der Waals surface area contributed by atoms with Crippen molar-refractivity contribution in [2.45, 2.75) is 57.1 Å². The third-order valence-corrected chi connectivity index (χ3v) is 8.12. The van der Waals surface area contributed by atoms with Crippen molar-refractivity contribution in [1.82, 2.24) is 24.6 Å². The maximum atomic E-state index is 13.9. The second-order valence-corrected chi connectivity index (χ2v) is 12.2. The predicted molar refractivity (Wildman–Crippen MR) is 133 cm³/mol. The standard InChI is InChI=1S/C22H29N6O4PS/c1-15(2)34-21(29)22(9-10-22)27-33(30,32-17-7-5-4-6-8-17)14-31-16(3)11-28-13-26-18-19(23)24-12-25-20(18)28/h4-8,12-13,15-16H,9-11,14H2,1-3H3,(H,27,30)(H2,23,24,25)/t16-,33?/m1/s1. The first-order valence-corrected chi connectivity index (χ1v) is 13.8. The number of ether oxygens (including phenoxy) is 1. The molecule has 0 aliphatic heterocycles. The molecule has 1 saturated carbocycles. The first-order valence-electron chi connectivity index (χ1n) is 11.1. The number of thioether (sulfide) groups is 1. The van der Waals surface area contributed by atoms with Crippen LogP contribution in [0.1, 0.15) is 33.6 Å². The molecule has 0 radical (unpaired) electrons. The minimum atomic E-state index is -3.57. The van der Waals surface area contributed by atoms with Crippen LogP contribution in [0.5, 0.6) is 5.75 Å². The molecule has 34 heavy (non-hydrogen) atoms. The van der Waals surface area contributed by atoms with E-state index in [2.05, 4.69) is 20.0 Å². The third kappa shape index (κ3) is 5.78. The van der Waals surface area contributed by atoms with E-state index in [1.54, 1.807) is 35.2 Å². The lowest BCUT2D eigenvalue weighted by atomic mass is 10.3. The molecule has 12 heteroatoms. The molecule has 1 aliphatic carbocycles. The fourth-order valence-corrected chi connectivity index (χ4v) is 6.50. The number of rotatable bonds is 11. The predicted octanol–water partition coefficient (Wildman–Crippen LogP) is 3.83. The summed E-state index contributed by atoms with van der Waals surface area (Å²) in [5.41, 5.74) is 6.13. The fourth-order valence-electron chi connectivity index (χ4n) is 3.46. The molecule has 0 saturated heterocycles. The van der Waals surface area contributed by atoms with Crippen LogP contribution in [-0.2, 0) is 20.6 Å². The third-order valence-electron chi connectivity index (χ3n) is 5.28. The Labute approximate surface area is 202 Å². The van der Waals surface area contributed by atoms with Crippen molar-refractivity contribution in [1.29, 1.82) is 0 Å². The molecule has 2 heterocycles. The minimum absolute atomic E-state index is 0.0189. The van der Waals surface area contributed by atoms with Gasteiger partial charge in [0.05, 0.1) is 24.5 Å². The second kappa shape index (κ2) is 10.0. The highest BCUT2D eigenvalue weighted by Crippen LogP contribution is 2.52. The number of imidazole rings is 1. The van der Waals surface area contributed by atoms with E-state index >= 15 is 0 Å². The van der Waals surface area contributed by atoms with Crippen LogP contribution in [-0.4, -0.2) is 47.9 Å². The summed E-state index contributed by atoms with van der Waals surface area (Å²) in [7, 11) is -3.57. The van der Waals surface area contributed by atoms with Gasteiger partial charge in [0, 0.05) is 5.25 Å². The van der Waals surface area contributed by atoms with E-state index in [9.17, 15) is 9.36 Å². The number of fused-ring (bicyclic) bond motifs is 1.